The lowest BCUT2D eigenvalue weighted by Crippen LogP contribution is -2.36. The van der Waals surface area contributed by atoms with Gasteiger partial charge in [-0.2, -0.15) is 0 Å². The third kappa shape index (κ3) is 3.23. The number of fused-ring (bicyclic) bond motifs is 2. The van der Waals surface area contributed by atoms with Crippen molar-refractivity contribution >= 4 is 23.4 Å². The number of benzene rings is 2. The average Bonchev–Trinajstić information content (AvgIpc) is 3.45. The predicted octanol–water partition coefficient (Wildman–Crippen LogP) is 3.20. The van der Waals surface area contributed by atoms with E-state index in [2.05, 4.69) is 11.4 Å². The predicted molar refractivity (Wildman–Crippen MR) is 107 cm³/mol. The number of amides is 3. The summed E-state index contributed by atoms with van der Waals surface area (Å²) < 4.78 is 5.56. The Kier molecular flexibility index (Phi) is 4.43. The van der Waals surface area contributed by atoms with Crippen LogP contribution in [0.15, 0.2) is 36.4 Å². The van der Waals surface area contributed by atoms with Crippen molar-refractivity contribution in [3.63, 3.8) is 0 Å². The van der Waals surface area contributed by atoms with Gasteiger partial charge < -0.3 is 10.1 Å². The molecule has 0 aromatic heterocycles. The first-order chi connectivity index (χ1) is 14.1. The number of hydrogen-bond donors (Lipinski definition) is 1. The van der Waals surface area contributed by atoms with Crippen LogP contribution in [-0.2, 0) is 17.6 Å². The average molecular weight is 390 g/mol. The Bertz CT molecular complexity index is 1020. The van der Waals surface area contributed by atoms with Crippen LogP contribution in [0.4, 0.5) is 5.69 Å². The minimum absolute atomic E-state index is 0.0974. The Balaban J connectivity index is 1.34. The quantitative estimate of drug-likeness (QED) is 0.814. The van der Waals surface area contributed by atoms with Crippen LogP contribution in [0.1, 0.15) is 61.5 Å². The maximum Gasteiger partial charge on any atom is 0.261 e. The molecule has 5 rings (SSSR count). The number of carbonyl (C=O) groups excluding carboxylic acids is 3. The van der Waals surface area contributed by atoms with Gasteiger partial charge in [0.05, 0.1) is 23.8 Å². The van der Waals surface area contributed by atoms with E-state index in [4.69, 9.17) is 4.74 Å². The molecular weight excluding hydrogens is 368 g/mol. The van der Waals surface area contributed by atoms with Gasteiger partial charge in [-0.3, -0.25) is 19.3 Å². The largest absolute Gasteiger partial charge is 0.376 e. The van der Waals surface area contributed by atoms with Gasteiger partial charge in [0, 0.05) is 17.9 Å². The number of nitrogens with one attached hydrogen (secondary N) is 1. The molecule has 1 N–H and O–H groups in total. The van der Waals surface area contributed by atoms with E-state index < -0.39 is 0 Å². The Hall–Kier alpha value is -2.99. The van der Waals surface area contributed by atoms with Gasteiger partial charge in [-0.1, -0.05) is 6.07 Å². The molecule has 2 aromatic rings. The van der Waals surface area contributed by atoms with Crippen molar-refractivity contribution in [1.82, 2.24) is 4.90 Å². The normalized spacial score (nSPS) is 20.1. The fourth-order valence-corrected chi connectivity index (χ4v) is 4.44. The molecule has 1 unspecified atom stereocenters. The maximum atomic E-state index is 12.8. The molecule has 148 valence electrons. The molecule has 1 fully saturated rings. The van der Waals surface area contributed by atoms with Crippen LogP contribution in [0.3, 0.4) is 0 Å². The summed E-state index contributed by atoms with van der Waals surface area (Å²) >= 11 is 0. The summed E-state index contributed by atoms with van der Waals surface area (Å²) in [6.45, 7) is 0.934. The summed E-state index contributed by atoms with van der Waals surface area (Å²) in [5.74, 6) is -0.956. The molecule has 2 aromatic carbocycles. The monoisotopic (exact) mass is 390 g/mol. The van der Waals surface area contributed by atoms with Gasteiger partial charge in [0.15, 0.2) is 0 Å². The number of imide groups is 1. The van der Waals surface area contributed by atoms with E-state index in [1.165, 1.54) is 22.1 Å². The molecule has 0 saturated carbocycles. The van der Waals surface area contributed by atoms with Crippen LogP contribution < -0.4 is 5.32 Å². The number of aryl methyl sites for hydroxylation is 2. The molecule has 29 heavy (non-hydrogen) atoms. The van der Waals surface area contributed by atoms with Gasteiger partial charge in [0.1, 0.15) is 0 Å². The maximum absolute atomic E-state index is 12.8. The van der Waals surface area contributed by atoms with Gasteiger partial charge in [0.2, 0.25) is 0 Å². The number of carbonyl (C=O) groups is 3. The lowest BCUT2D eigenvalue weighted by atomic mass is 10.0. The van der Waals surface area contributed by atoms with Crippen molar-refractivity contribution in [1.29, 1.82) is 0 Å². The van der Waals surface area contributed by atoms with Gasteiger partial charge in [0.25, 0.3) is 17.7 Å². The molecule has 3 aliphatic rings. The lowest BCUT2D eigenvalue weighted by molar-refractivity contribution is 0.0475. The molecule has 6 nitrogen and oxygen atoms in total. The van der Waals surface area contributed by atoms with E-state index in [0.29, 0.717) is 17.7 Å². The van der Waals surface area contributed by atoms with Crippen LogP contribution in [-0.4, -0.2) is 41.9 Å². The zero-order valence-corrected chi connectivity index (χ0v) is 16.1. The summed E-state index contributed by atoms with van der Waals surface area (Å²) in [7, 11) is 0. The van der Waals surface area contributed by atoms with E-state index in [0.717, 1.165) is 37.8 Å². The van der Waals surface area contributed by atoms with Crippen molar-refractivity contribution in [2.75, 3.05) is 18.5 Å². The highest BCUT2D eigenvalue weighted by Crippen LogP contribution is 2.28. The minimum Gasteiger partial charge on any atom is -0.376 e. The first-order valence-corrected chi connectivity index (χ1v) is 10.1. The minimum atomic E-state index is -0.354. The summed E-state index contributed by atoms with van der Waals surface area (Å²) in [6, 6.07) is 10.7. The Morgan fingerprint density at radius 2 is 1.83 bits per heavy atom. The summed E-state index contributed by atoms with van der Waals surface area (Å²) in [4.78, 5) is 39.4. The zero-order valence-electron chi connectivity index (χ0n) is 16.1. The van der Waals surface area contributed by atoms with Crippen LogP contribution in [0.2, 0.25) is 0 Å². The molecule has 0 radical (unpaired) electrons. The van der Waals surface area contributed by atoms with Gasteiger partial charge in [-0.25, -0.2) is 0 Å². The fourth-order valence-electron chi connectivity index (χ4n) is 4.44. The Morgan fingerprint density at radius 3 is 2.66 bits per heavy atom. The fraction of sp³-hybridized carbons (Fsp3) is 0.348. The van der Waals surface area contributed by atoms with Crippen molar-refractivity contribution in [3.8, 4) is 0 Å². The van der Waals surface area contributed by atoms with Crippen LogP contribution >= 0.6 is 0 Å². The highest BCUT2D eigenvalue weighted by molar-refractivity contribution is 6.22. The van der Waals surface area contributed by atoms with E-state index >= 15 is 0 Å². The van der Waals surface area contributed by atoms with Gasteiger partial charge in [-0.05, 0) is 73.6 Å². The molecule has 6 heteroatoms. The van der Waals surface area contributed by atoms with Crippen molar-refractivity contribution in [3.05, 3.63) is 64.2 Å². The highest BCUT2D eigenvalue weighted by atomic mass is 16.5. The molecule has 1 atom stereocenters. The van der Waals surface area contributed by atoms with Crippen molar-refractivity contribution in [2.24, 2.45) is 0 Å². The SMILES string of the molecule is O=C(Nc1ccc2c(c1)CCC2)c1ccc2c(c1)C(=O)N(CC1CCCO1)C2=O. The first-order valence-electron chi connectivity index (χ1n) is 10.1. The van der Waals surface area contributed by atoms with Gasteiger partial charge in [-0.15, -0.1) is 0 Å². The second-order valence-electron chi connectivity index (χ2n) is 7.91. The van der Waals surface area contributed by atoms with E-state index in [1.54, 1.807) is 12.1 Å². The Morgan fingerprint density at radius 1 is 1.00 bits per heavy atom. The molecular formula is C23H22N2O4. The van der Waals surface area contributed by atoms with E-state index in [-0.39, 0.29) is 35.9 Å². The third-order valence-corrected chi connectivity index (χ3v) is 6.00. The number of nitrogens with zero attached hydrogens (tertiary/aromatic N) is 1. The summed E-state index contributed by atoms with van der Waals surface area (Å²) in [5.41, 5.74) is 4.37. The molecule has 1 aliphatic carbocycles. The second-order valence-corrected chi connectivity index (χ2v) is 7.91. The zero-order chi connectivity index (χ0) is 20.0. The van der Waals surface area contributed by atoms with E-state index in [1.807, 2.05) is 12.1 Å². The van der Waals surface area contributed by atoms with Crippen LogP contribution in [0.25, 0.3) is 0 Å². The molecule has 2 aliphatic heterocycles. The van der Waals surface area contributed by atoms with Crippen LogP contribution in [0.5, 0.6) is 0 Å². The molecule has 0 spiro atoms. The number of ether oxygens (including phenoxy) is 1. The van der Waals surface area contributed by atoms with Crippen molar-refractivity contribution < 1.29 is 19.1 Å². The molecule has 0 bridgehead atoms. The molecule has 2 heterocycles. The summed E-state index contributed by atoms with van der Waals surface area (Å²) in [6.07, 6.45) is 4.97. The number of anilines is 1. The first kappa shape index (κ1) is 18.1. The highest BCUT2D eigenvalue weighted by Gasteiger charge is 2.38. The molecule has 1 saturated heterocycles. The standard InChI is InChI=1S/C23H22N2O4/c26-21(24-17-8-6-14-3-1-4-15(14)11-17)16-7-9-19-20(12-16)23(28)25(22(19)27)13-18-5-2-10-29-18/h6-9,11-12,18H,1-5,10,13H2,(H,24,26). The smallest absolute Gasteiger partial charge is 0.261 e. The second kappa shape index (κ2) is 7.12. The van der Waals surface area contributed by atoms with E-state index in [9.17, 15) is 14.4 Å². The van der Waals surface area contributed by atoms with Gasteiger partial charge >= 0.3 is 0 Å². The summed E-state index contributed by atoms with van der Waals surface area (Å²) in [5, 5.41) is 2.91. The number of rotatable bonds is 4. The Labute approximate surface area is 168 Å². The van der Waals surface area contributed by atoms with Crippen LogP contribution in [0, 0.1) is 0 Å². The van der Waals surface area contributed by atoms with Crippen molar-refractivity contribution in [2.45, 2.75) is 38.2 Å². The number of hydrogen-bond acceptors (Lipinski definition) is 4. The lowest BCUT2D eigenvalue weighted by Gasteiger charge is -2.17. The third-order valence-electron chi connectivity index (χ3n) is 6.00. The molecule has 3 amide bonds. The topological polar surface area (TPSA) is 75.7 Å².